The highest BCUT2D eigenvalue weighted by atomic mass is 79.9. The van der Waals surface area contributed by atoms with Crippen LogP contribution in [0.25, 0.3) is 0 Å². The fourth-order valence-electron chi connectivity index (χ4n) is 1.37. The van der Waals surface area contributed by atoms with Crippen LogP contribution in [0.4, 0.5) is 14.5 Å². The predicted octanol–water partition coefficient (Wildman–Crippen LogP) is 4.61. The van der Waals surface area contributed by atoms with Gasteiger partial charge in [-0.05, 0) is 18.2 Å². The molecule has 0 aliphatic heterocycles. The van der Waals surface area contributed by atoms with E-state index in [1.54, 1.807) is 0 Å². The lowest BCUT2D eigenvalue weighted by atomic mass is 10.2. The summed E-state index contributed by atoms with van der Waals surface area (Å²) in [4.78, 5) is 14.2. The molecule has 0 unspecified atom stereocenters. The average Bonchev–Trinajstić information content (AvgIpc) is 2.64. The second-order valence-corrected chi connectivity index (χ2v) is 5.24. The molecule has 0 saturated carbocycles. The van der Waals surface area contributed by atoms with Crippen molar-refractivity contribution >= 4 is 50.7 Å². The standard InChI is InChI=1S/C11H5BrCl2F2N2O/c12-4-1-6(15)9(7(16)2-4)18-11(19)8-3-5(13)10(14)17-8/h1-3,17H,(H,18,19). The van der Waals surface area contributed by atoms with Crippen LogP contribution >= 0.6 is 39.1 Å². The van der Waals surface area contributed by atoms with Crippen LogP contribution in [0.2, 0.25) is 10.2 Å². The number of aromatic nitrogens is 1. The minimum Gasteiger partial charge on any atom is -0.340 e. The van der Waals surface area contributed by atoms with Crippen LogP contribution in [-0.2, 0) is 0 Å². The van der Waals surface area contributed by atoms with Gasteiger partial charge >= 0.3 is 0 Å². The lowest BCUT2D eigenvalue weighted by molar-refractivity contribution is 0.102. The molecule has 0 saturated heterocycles. The third-order valence-electron chi connectivity index (χ3n) is 2.22. The van der Waals surface area contributed by atoms with E-state index in [-0.39, 0.29) is 20.3 Å². The van der Waals surface area contributed by atoms with Crippen LogP contribution in [0, 0.1) is 11.6 Å². The Hall–Kier alpha value is -1.11. The van der Waals surface area contributed by atoms with Crippen LogP contribution in [0.5, 0.6) is 0 Å². The van der Waals surface area contributed by atoms with Crippen molar-refractivity contribution in [3.63, 3.8) is 0 Å². The number of amides is 1. The second-order valence-electron chi connectivity index (χ2n) is 3.54. The Bertz CT molecular complexity index is 618. The molecule has 1 aromatic heterocycles. The first-order valence-corrected chi connectivity index (χ1v) is 6.43. The molecule has 1 amide bonds. The Morgan fingerprint density at radius 2 is 1.79 bits per heavy atom. The number of anilines is 1. The molecule has 0 aliphatic carbocycles. The number of halogens is 5. The second kappa shape index (κ2) is 5.48. The molecule has 0 fully saturated rings. The number of carbonyl (C=O) groups excluding carboxylic acids is 1. The summed E-state index contributed by atoms with van der Waals surface area (Å²) in [5.41, 5.74) is -0.549. The number of H-pyrrole nitrogens is 1. The van der Waals surface area contributed by atoms with Crippen molar-refractivity contribution in [3.8, 4) is 0 Å². The van der Waals surface area contributed by atoms with Crippen molar-refractivity contribution < 1.29 is 13.6 Å². The summed E-state index contributed by atoms with van der Waals surface area (Å²) in [6, 6.07) is 3.33. The number of hydrogen-bond acceptors (Lipinski definition) is 1. The molecule has 0 bridgehead atoms. The van der Waals surface area contributed by atoms with Crippen LogP contribution < -0.4 is 5.32 Å². The molecule has 1 heterocycles. The van der Waals surface area contributed by atoms with Gasteiger partial charge in [-0.15, -0.1) is 0 Å². The van der Waals surface area contributed by atoms with Crippen LogP contribution in [0.3, 0.4) is 0 Å². The number of carbonyl (C=O) groups is 1. The smallest absolute Gasteiger partial charge is 0.272 e. The summed E-state index contributed by atoms with van der Waals surface area (Å²) >= 11 is 14.2. The molecule has 0 atom stereocenters. The molecule has 0 spiro atoms. The Morgan fingerprint density at radius 3 is 2.26 bits per heavy atom. The van der Waals surface area contributed by atoms with Crippen molar-refractivity contribution in [2.45, 2.75) is 0 Å². The molecule has 8 heteroatoms. The lowest BCUT2D eigenvalue weighted by Crippen LogP contribution is -2.14. The number of hydrogen-bond donors (Lipinski definition) is 2. The summed E-state index contributed by atoms with van der Waals surface area (Å²) in [6.45, 7) is 0. The third kappa shape index (κ3) is 3.08. The number of nitrogens with one attached hydrogen (secondary N) is 2. The molecule has 3 nitrogen and oxygen atoms in total. The molecule has 0 radical (unpaired) electrons. The fourth-order valence-corrected chi connectivity index (χ4v) is 2.08. The molecular formula is C11H5BrCl2F2N2O. The molecule has 100 valence electrons. The van der Waals surface area contributed by atoms with Gasteiger partial charge in [0, 0.05) is 4.47 Å². The van der Waals surface area contributed by atoms with Crippen molar-refractivity contribution in [2.24, 2.45) is 0 Å². The minimum absolute atomic E-state index is 0.00304. The SMILES string of the molecule is O=C(Nc1c(F)cc(Br)cc1F)c1cc(Cl)c(Cl)[nH]1. The van der Waals surface area contributed by atoms with E-state index in [9.17, 15) is 13.6 Å². The van der Waals surface area contributed by atoms with Gasteiger partial charge in [0.05, 0.1) is 5.02 Å². The quantitative estimate of drug-likeness (QED) is 0.797. The lowest BCUT2D eigenvalue weighted by Gasteiger charge is -2.07. The highest BCUT2D eigenvalue weighted by molar-refractivity contribution is 9.10. The summed E-state index contributed by atoms with van der Waals surface area (Å²) in [5.74, 6) is -2.55. The zero-order chi connectivity index (χ0) is 14.2. The Kier molecular flexibility index (Phi) is 4.13. The number of rotatable bonds is 2. The van der Waals surface area contributed by atoms with E-state index in [2.05, 4.69) is 26.2 Å². The Labute approximate surface area is 125 Å². The first kappa shape index (κ1) is 14.3. The van der Waals surface area contributed by atoms with Crippen LogP contribution in [0.1, 0.15) is 10.5 Å². The van der Waals surface area contributed by atoms with E-state index in [4.69, 9.17) is 23.2 Å². The third-order valence-corrected chi connectivity index (χ3v) is 3.37. The van der Waals surface area contributed by atoms with Crippen LogP contribution in [-0.4, -0.2) is 10.9 Å². The minimum atomic E-state index is -0.899. The van der Waals surface area contributed by atoms with Gasteiger partial charge in [0.25, 0.3) is 5.91 Å². The van der Waals surface area contributed by atoms with Crippen molar-refractivity contribution in [1.82, 2.24) is 4.98 Å². The average molecular weight is 370 g/mol. The zero-order valence-corrected chi connectivity index (χ0v) is 12.1. The fraction of sp³-hybridized carbons (Fsp3) is 0. The molecule has 2 rings (SSSR count). The number of benzene rings is 1. The predicted molar refractivity (Wildman–Crippen MR) is 72.8 cm³/mol. The van der Waals surface area contributed by atoms with Gasteiger partial charge < -0.3 is 10.3 Å². The highest BCUT2D eigenvalue weighted by Gasteiger charge is 2.17. The van der Waals surface area contributed by atoms with E-state index >= 15 is 0 Å². The first-order valence-electron chi connectivity index (χ1n) is 4.88. The van der Waals surface area contributed by atoms with Crippen molar-refractivity contribution in [1.29, 1.82) is 0 Å². The van der Waals surface area contributed by atoms with Crippen molar-refractivity contribution in [3.05, 3.63) is 50.2 Å². The topological polar surface area (TPSA) is 44.9 Å². The van der Waals surface area contributed by atoms with E-state index in [0.717, 1.165) is 12.1 Å². The summed E-state index contributed by atoms with van der Waals surface area (Å²) in [6.07, 6.45) is 0. The normalized spacial score (nSPS) is 10.6. The molecule has 0 aliphatic rings. The van der Waals surface area contributed by atoms with Crippen molar-refractivity contribution in [2.75, 3.05) is 5.32 Å². The maximum Gasteiger partial charge on any atom is 0.272 e. The molecular weight excluding hydrogens is 365 g/mol. The van der Waals surface area contributed by atoms with E-state index < -0.39 is 23.2 Å². The summed E-state index contributed by atoms with van der Waals surface area (Å²) < 4.78 is 27.3. The maximum atomic E-state index is 13.5. The van der Waals surface area contributed by atoms with Gasteiger partial charge in [-0.3, -0.25) is 4.79 Å². The molecule has 2 aromatic rings. The molecule has 1 aromatic carbocycles. The van der Waals surface area contributed by atoms with E-state index in [1.807, 2.05) is 0 Å². The van der Waals surface area contributed by atoms with Gasteiger partial charge in [-0.25, -0.2) is 8.78 Å². The zero-order valence-electron chi connectivity index (χ0n) is 9.03. The van der Waals surface area contributed by atoms with E-state index in [0.29, 0.717) is 0 Å². The van der Waals surface area contributed by atoms with Gasteiger partial charge in [0.2, 0.25) is 0 Å². The van der Waals surface area contributed by atoms with Crippen LogP contribution in [0.15, 0.2) is 22.7 Å². The van der Waals surface area contributed by atoms with Gasteiger partial charge in [0.15, 0.2) is 11.6 Å². The summed E-state index contributed by atoms with van der Waals surface area (Å²) in [7, 11) is 0. The largest absolute Gasteiger partial charge is 0.340 e. The highest BCUT2D eigenvalue weighted by Crippen LogP contribution is 2.26. The number of aromatic amines is 1. The maximum absolute atomic E-state index is 13.5. The monoisotopic (exact) mass is 368 g/mol. The molecule has 2 N–H and O–H groups in total. The van der Waals surface area contributed by atoms with Gasteiger partial charge in [-0.2, -0.15) is 0 Å². The molecule has 19 heavy (non-hydrogen) atoms. The Morgan fingerprint density at radius 1 is 1.21 bits per heavy atom. The van der Waals surface area contributed by atoms with Gasteiger partial charge in [-0.1, -0.05) is 39.1 Å². The van der Waals surface area contributed by atoms with E-state index in [1.165, 1.54) is 6.07 Å². The Balaban J connectivity index is 2.29. The summed E-state index contributed by atoms with van der Waals surface area (Å²) in [5, 5.41) is 2.32. The first-order chi connectivity index (χ1) is 8.88. The van der Waals surface area contributed by atoms with Gasteiger partial charge in [0.1, 0.15) is 16.5 Å².